The van der Waals surface area contributed by atoms with E-state index >= 15 is 0 Å². The van der Waals surface area contributed by atoms with Crippen molar-refractivity contribution in [2.24, 2.45) is 7.05 Å². The van der Waals surface area contributed by atoms with E-state index < -0.39 is 16.9 Å². The molecule has 20 heavy (non-hydrogen) atoms. The van der Waals surface area contributed by atoms with E-state index in [0.717, 1.165) is 0 Å². The van der Waals surface area contributed by atoms with E-state index in [0.29, 0.717) is 35.7 Å². The predicted molar refractivity (Wildman–Crippen MR) is 78.7 cm³/mol. The summed E-state index contributed by atoms with van der Waals surface area (Å²) >= 11 is 11.2. The minimum Gasteiger partial charge on any atom is -0.441 e. The van der Waals surface area contributed by atoms with Crippen molar-refractivity contribution in [2.75, 3.05) is 31.1 Å². The molecule has 0 saturated heterocycles. The third-order valence-corrected chi connectivity index (χ3v) is 3.93. The maximum Gasteiger partial charge on any atom is 0.410 e. The first kappa shape index (κ1) is 17.3. The fraction of sp³-hybridized carbons (Fsp3) is 0.636. The Labute approximate surface area is 130 Å². The summed E-state index contributed by atoms with van der Waals surface area (Å²) in [6.45, 7) is 0.753. The summed E-state index contributed by atoms with van der Waals surface area (Å²) < 4.78 is 18.2. The van der Waals surface area contributed by atoms with E-state index in [1.807, 2.05) is 0 Å². The van der Waals surface area contributed by atoms with Gasteiger partial charge in [0.1, 0.15) is 10.9 Å². The Morgan fingerprint density at radius 1 is 1.45 bits per heavy atom. The van der Waals surface area contributed by atoms with Gasteiger partial charge in [-0.3, -0.25) is 4.21 Å². The Kier molecular flexibility index (Phi) is 7.32. The Bertz CT molecular complexity index is 475. The Balaban J connectivity index is 2.62. The van der Waals surface area contributed by atoms with Gasteiger partial charge in [-0.15, -0.1) is 23.2 Å². The normalized spacial score (nSPS) is 12.2. The maximum absolute atomic E-state index is 11.8. The Hall–Kier alpha value is -0.790. The van der Waals surface area contributed by atoms with Crippen molar-refractivity contribution in [3.05, 3.63) is 12.0 Å². The molecular weight excluding hydrogens is 325 g/mol. The van der Waals surface area contributed by atoms with Crippen LogP contribution in [0.4, 0.5) is 4.79 Å². The van der Waals surface area contributed by atoms with Crippen LogP contribution in [0.1, 0.15) is 5.82 Å². The molecule has 1 atom stereocenters. The minimum absolute atomic E-state index is 0.00754. The van der Waals surface area contributed by atoms with E-state index in [-0.39, 0.29) is 6.61 Å². The molecule has 114 valence electrons. The number of ether oxygens (including phenoxy) is 1. The van der Waals surface area contributed by atoms with Crippen molar-refractivity contribution < 1.29 is 13.7 Å². The van der Waals surface area contributed by atoms with E-state index in [4.69, 9.17) is 27.9 Å². The summed E-state index contributed by atoms with van der Waals surface area (Å²) in [6.07, 6.45) is 2.58. The number of aromatic nitrogens is 2. The van der Waals surface area contributed by atoms with E-state index in [9.17, 15) is 9.00 Å². The molecule has 6 nitrogen and oxygen atoms in total. The molecule has 1 aromatic heterocycles. The molecule has 0 aliphatic carbocycles. The van der Waals surface area contributed by atoms with Gasteiger partial charge in [0.25, 0.3) is 0 Å². The molecular formula is C11H17Cl2N3O3S. The number of hydrogen-bond donors (Lipinski definition) is 0. The molecule has 1 amide bonds. The van der Waals surface area contributed by atoms with Gasteiger partial charge < -0.3 is 14.2 Å². The average Bonchev–Trinajstić information content (AvgIpc) is 2.77. The van der Waals surface area contributed by atoms with Crippen LogP contribution in [-0.4, -0.2) is 55.9 Å². The van der Waals surface area contributed by atoms with Gasteiger partial charge in [0.2, 0.25) is 0 Å². The zero-order valence-electron chi connectivity index (χ0n) is 11.3. The van der Waals surface area contributed by atoms with Crippen molar-refractivity contribution in [3.8, 4) is 0 Å². The number of halogens is 2. The highest BCUT2D eigenvalue weighted by atomic mass is 35.5. The molecule has 0 spiro atoms. The van der Waals surface area contributed by atoms with E-state index in [1.165, 1.54) is 11.1 Å². The molecule has 0 fully saturated rings. The van der Waals surface area contributed by atoms with Crippen molar-refractivity contribution in [2.45, 2.75) is 11.6 Å². The third-order valence-electron chi connectivity index (χ3n) is 2.63. The van der Waals surface area contributed by atoms with Crippen LogP contribution in [-0.2, 0) is 29.2 Å². The van der Waals surface area contributed by atoms with Gasteiger partial charge in [-0.25, -0.2) is 9.78 Å². The van der Waals surface area contributed by atoms with Gasteiger partial charge in [-0.2, -0.15) is 0 Å². The maximum atomic E-state index is 11.8. The molecule has 1 heterocycles. The van der Waals surface area contributed by atoms with Gasteiger partial charge in [0.15, 0.2) is 6.61 Å². The van der Waals surface area contributed by atoms with Crippen molar-refractivity contribution in [1.82, 2.24) is 14.5 Å². The van der Waals surface area contributed by atoms with Gasteiger partial charge in [-0.1, -0.05) is 0 Å². The summed E-state index contributed by atoms with van der Waals surface area (Å²) in [4.78, 5) is 17.4. The van der Waals surface area contributed by atoms with Gasteiger partial charge >= 0.3 is 6.09 Å². The topological polar surface area (TPSA) is 64.4 Å². The summed E-state index contributed by atoms with van der Waals surface area (Å²) in [5, 5.41) is 0.578. The summed E-state index contributed by atoms with van der Waals surface area (Å²) in [7, 11) is 0.590. The first-order valence-corrected chi connectivity index (χ1v) is 8.51. The molecule has 9 heteroatoms. The van der Waals surface area contributed by atoms with Crippen LogP contribution < -0.4 is 0 Å². The van der Waals surface area contributed by atoms with E-state index in [1.54, 1.807) is 17.9 Å². The number of carbonyl (C=O) groups is 1. The Morgan fingerprint density at radius 2 is 2.05 bits per heavy atom. The smallest absolute Gasteiger partial charge is 0.410 e. The third kappa shape index (κ3) is 4.64. The first-order valence-electron chi connectivity index (χ1n) is 5.89. The molecule has 1 aromatic rings. The fourth-order valence-electron chi connectivity index (χ4n) is 1.55. The van der Waals surface area contributed by atoms with Crippen LogP contribution in [0.25, 0.3) is 0 Å². The number of alkyl halides is 2. The molecule has 0 saturated carbocycles. The second-order valence-corrected chi connectivity index (χ2v) is 6.03. The predicted octanol–water partition coefficient (Wildman–Crippen LogP) is 1.57. The van der Waals surface area contributed by atoms with Crippen LogP contribution in [0.3, 0.4) is 0 Å². The molecule has 0 aliphatic heterocycles. The summed E-state index contributed by atoms with van der Waals surface area (Å²) in [6, 6.07) is 0. The van der Waals surface area contributed by atoms with Crippen molar-refractivity contribution in [1.29, 1.82) is 0 Å². The van der Waals surface area contributed by atoms with Gasteiger partial charge in [0.05, 0.1) is 17.0 Å². The Morgan fingerprint density at radius 3 is 2.50 bits per heavy atom. The van der Waals surface area contributed by atoms with Crippen molar-refractivity contribution >= 4 is 40.1 Å². The lowest BCUT2D eigenvalue weighted by molar-refractivity contribution is 0.0971. The molecule has 1 rings (SSSR count). The van der Waals surface area contributed by atoms with Crippen LogP contribution >= 0.6 is 23.2 Å². The second kappa shape index (κ2) is 8.49. The average molecular weight is 342 g/mol. The number of amides is 1. The molecule has 0 aliphatic rings. The van der Waals surface area contributed by atoms with Gasteiger partial charge in [0, 0.05) is 38.2 Å². The molecule has 0 unspecified atom stereocenters. The standard InChI is InChI=1S/C11H17Cl2N3O3S/c1-15-9(14-7-10(15)20(2)18)8-19-11(17)16(5-3-12)6-4-13/h7H,3-6,8H2,1-2H3/t20-/m0/s1. The second-order valence-electron chi connectivity index (χ2n) is 3.95. The molecule has 0 radical (unpaired) electrons. The molecule has 0 bridgehead atoms. The summed E-state index contributed by atoms with van der Waals surface area (Å²) in [5.74, 6) is 1.15. The van der Waals surface area contributed by atoms with Gasteiger partial charge in [-0.05, 0) is 0 Å². The molecule has 0 aromatic carbocycles. The first-order chi connectivity index (χ1) is 9.51. The number of carbonyl (C=O) groups excluding carboxylic acids is 1. The zero-order valence-corrected chi connectivity index (χ0v) is 13.7. The summed E-state index contributed by atoms with van der Waals surface area (Å²) in [5.41, 5.74) is 0. The van der Waals surface area contributed by atoms with Crippen LogP contribution in [0, 0.1) is 0 Å². The fourth-order valence-corrected chi connectivity index (χ4v) is 2.65. The van der Waals surface area contributed by atoms with Crippen LogP contribution in [0.15, 0.2) is 11.2 Å². The quantitative estimate of drug-likeness (QED) is 0.706. The van der Waals surface area contributed by atoms with Crippen LogP contribution in [0.5, 0.6) is 0 Å². The number of hydrogen-bond acceptors (Lipinski definition) is 4. The zero-order chi connectivity index (χ0) is 15.1. The number of imidazole rings is 1. The SMILES string of the molecule is Cn1c([S@](C)=O)cnc1COC(=O)N(CCCl)CCCl. The van der Waals surface area contributed by atoms with Crippen molar-refractivity contribution in [3.63, 3.8) is 0 Å². The largest absolute Gasteiger partial charge is 0.441 e. The number of nitrogens with zero attached hydrogens (tertiary/aromatic N) is 3. The number of rotatable bonds is 7. The highest BCUT2D eigenvalue weighted by Crippen LogP contribution is 2.09. The monoisotopic (exact) mass is 341 g/mol. The van der Waals surface area contributed by atoms with E-state index in [2.05, 4.69) is 4.98 Å². The minimum atomic E-state index is -1.13. The highest BCUT2D eigenvalue weighted by Gasteiger charge is 2.16. The molecule has 0 N–H and O–H groups in total. The lowest BCUT2D eigenvalue weighted by Crippen LogP contribution is -2.35. The highest BCUT2D eigenvalue weighted by molar-refractivity contribution is 7.84. The lowest BCUT2D eigenvalue weighted by Gasteiger charge is -2.19. The van der Waals surface area contributed by atoms with Crippen LogP contribution in [0.2, 0.25) is 0 Å². The lowest BCUT2D eigenvalue weighted by atomic mass is 10.5.